The Labute approximate surface area is 101 Å². The number of hydrogen-bond donors (Lipinski definition) is 2. The molecule has 90 valence electrons. The lowest BCUT2D eigenvalue weighted by molar-refractivity contribution is 0.580. The van der Waals surface area contributed by atoms with Gasteiger partial charge in [0.25, 0.3) is 0 Å². The van der Waals surface area contributed by atoms with Gasteiger partial charge in [-0.25, -0.2) is 13.1 Å². The van der Waals surface area contributed by atoms with Crippen LogP contribution in [0.3, 0.4) is 0 Å². The summed E-state index contributed by atoms with van der Waals surface area (Å²) in [5.41, 5.74) is 1.70. The van der Waals surface area contributed by atoms with Crippen LogP contribution in [-0.2, 0) is 22.3 Å². The molecule has 0 aliphatic heterocycles. The van der Waals surface area contributed by atoms with Gasteiger partial charge in [0.15, 0.2) is 0 Å². The van der Waals surface area contributed by atoms with Gasteiger partial charge in [-0.05, 0) is 17.2 Å². The third kappa shape index (κ3) is 3.72. The molecule has 0 saturated carbocycles. The van der Waals surface area contributed by atoms with Crippen LogP contribution in [0.5, 0.6) is 0 Å². The third-order valence-electron chi connectivity index (χ3n) is 2.36. The molecule has 1 heterocycles. The minimum atomic E-state index is -3.27. The van der Waals surface area contributed by atoms with Crippen LogP contribution in [0, 0.1) is 0 Å². The second-order valence-corrected chi connectivity index (χ2v) is 5.59. The molecular weight excluding hydrogens is 236 g/mol. The lowest BCUT2D eigenvalue weighted by Crippen LogP contribution is -2.24. The Bertz CT molecular complexity index is 547. The van der Waals surface area contributed by atoms with E-state index in [-0.39, 0.29) is 5.75 Å². The molecule has 4 nitrogen and oxygen atoms in total. The van der Waals surface area contributed by atoms with Gasteiger partial charge in [0, 0.05) is 18.9 Å². The third-order valence-corrected chi connectivity index (χ3v) is 3.66. The molecule has 0 saturated heterocycles. The van der Waals surface area contributed by atoms with Crippen LogP contribution in [0.1, 0.15) is 11.1 Å². The Hall–Kier alpha value is -1.59. The van der Waals surface area contributed by atoms with E-state index in [2.05, 4.69) is 9.71 Å². The van der Waals surface area contributed by atoms with E-state index < -0.39 is 10.0 Å². The molecule has 1 aromatic carbocycles. The van der Waals surface area contributed by atoms with Crippen molar-refractivity contribution in [2.24, 2.45) is 0 Å². The van der Waals surface area contributed by atoms with Gasteiger partial charge in [-0.15, -0.1) is 0 Å². The summed E-state index contributed by atoms with van der Waals surface area (Å²) in [6.45, 7) is 0.318. The molecule has 17 heavy (non-hydrogen) atoms. The average molecular weight is 250 g/mol. The molecule has 1 aromatic heterocycles. The monoisotopic (exact) mass is 250 g/mol. The summed E-state index contributed by atoms with van der Waals surface area (Å²) in [7, 11) is -3.27. The van der Waals surface area contributed by atoms with Gasteiger partial charge in [-0.1, -0.05) is 30.3 Å². The molecule has 2 rings (SSSR count). The van der Waals surface area contributed by atoms with Crippen LogP contribution in [0.2, 0.25) is 0 Å². The van der Waals surface area contributed by atoms with E-state index in [0.29, 0.717) is 6.54 Å². The number of rotatable bonds is 5. The summed E-state index contributed by atoms with van der Waals surface area (Å²) in [4.78, 5) is 2.88. The van der Waals surface area contributed by atoms with E-state index in [4.69, 9.17) is 0 Å². The minimum Gasteiger partial charge on any atom is -0.367 e. The van der Waals surface area contributed by atoms with Crippen LogP contribution in [0.25, 0.3) is 0 Å². The van der Waals surface area contributed by atoms with E-state index in [1.54, 1.807) is 24.5 Å². The first-order chi connectivity index (χ1) is 8.16. The van der Waals surface area contributed by atoms with Crippen molar-refractivity contribution in [2.45, 2.75) is 12.3 Å². The Balaban J connectivity index is 1.96. The van der Waals surface area contributed by atoms with Crippen LogP contribution in [-0.4, -0.2) is 13.4 Å². The summed E-state index contributed by atoms with van der Waals surface area (Å²) >= 11 is 0. The van der Waals surface area contributed by atoms with Crippen LogP contribution in [0.15, 0.2) is 48.8 Å². The Morgan fingerprint density at radius 2 is 1.82 bits per heavy atom. The van der Waals surface area contributed by atoms with E-state index in [1.807, 2.05) is 24.3 Å². The zero-order chi connectivity index (χ0) is 12.1. The summed E-state index contributed by atoms with van der Waals surface area (Å²) in [6.07, 6.45) is 3.53. The van der Waals surface area contributed by atoms with Crippen LogP contribution in [0.4, 0.5) is 0 Å². The van der Waals surface area contributed by atoms with Gasteiger partial charge < -0.3 is 4.98 Å². The lowest BCUT2D eigenvalue weighted by Gasteiger charge is -2.05. The van der Waals surface area contributed by atoms with Gasteiger partial charge in [0.05, 0.1) is 5.75 Å². The van der Waals surface area contributed by atoms with Crippen molar-refractivity contribution in [3.8, 4) is 0 Å². The number of benzene rings is 1. The van der Waals surface area contributed by atoms with Gasteiger partial charge in [0.2, 0.25) is 10.0 Å². The quantitative estimate of drug-likeness (QED) is 0.847. The number of sulfonamides is 1. The normalized spacial score (nSPS) is 11.5. The van der Waals surface area contributed by atoms with Crippen molar-refractivity contribution in [1.29, 1.82) is 0 Å². The van der Waals surface area contributed by atoms with Crippen LogP contribution >= 0.6 is 0 Å². The van der Waals surface area contributed by atoms with Gasteiger partial charge in [-0.2, -0.15) is 0 Å². The second-order valence-electron chi connectivity index (χ2n) is 3.79. The number of nitrogens with one attached hydrogen (secondary N) is 2. The molecule has 0 aliphatic carbocycles. The van der Waals surface area contributed by atoms with Gasteiger partial charge >= 0.3 is 0 Å². The van der Waals surface area contributed by atoms with Gasteiger partial charge in [0.1, 0.15) is 0 Å². The SMILES string of the molecule is O=S(=O)(Cc1ccccc1)NCc1cc[nH]c1. The zero-order valence-corrected chi connectivity index (χ0v) is 10.1. The largest absolute Gasteiger partial charge is 0.367 e. The highest BCUT2D eigenvalue weighted by Gasteiger charge is 2.10. The van der Waals surface area contributed by atoms with E-state index in [9.17, 15) is 8.42 Å². The lowest BCUT2D eigenvalue weighted by atomic mass is 10.2. The summed E-state index contributed by atoms with van der Waals surface area (Å²) < 4.78 is 26.1. The predicted molar refractivity (Wildman–Crippen MR) is 66.7 cm³/mol. The predicted octanol–water partition coefficient (Wildman–Crippen LogP) is 1.63. The number of aromatic nitrogens is 1. The molecule has 0 radical (unpaired) electrons. The Morgan fingerprint density at radius 3 is 2.47 bits per heavy atom. The highest BCUT2D eigenvalue weighted by atomic mass is 32.2. The molecule has 0 amide bonds. The summed E-state index contributed by atoms with van der Waals surface area (Å²) in [6, 6.07) is 11.0. The second kappa shape index (κ2) is 5.16. The van der Waals surface area contributed by atoms with E-state index in [0.717, 1.165) is 11.1 Å². The molecule has 0 bridgehead atoms. The average Bonchev–Trinajstić information content (AvgIpc) is 2.80. The summed E-state index contributed by atoms with van der Waals surface area (Å²) in [5, 5.41) is 0. The molecule has 0 aliphatic rings. The fraction of sp³-hybridized carbons (Fsp3) is 0.167. The number of aromatic amines is 1. The van der Waals surface area contributed by atoms with E-state index >= 15 is 0 Å². The summed E-state index contributed by atoms with van der Waals surface area (Å²) in [5.74, 6) is 0.0122. The fourth-order valence-corrected chi connectivity index (χ4v) is 2.63. The first-order valence-electron chi connectivity index (χ1n) is 5.29. The zero-order valence-electron chi connectivity index (χ0n) is 9.26. The molecule has 2 N–H and O–H groups in total. The molecule has 0 unspecified atom stereocenters. The maximum Gasteiger partial charge on any atom is 0.216 e. The molecule has 0 atom stereocenters. The van der Waals surface area contributed by atoms with Crippen molar-refractivity contribution < 1.29 is 8.42 Å². The Kier molecular flexibility index (Phi) is 3.61. The number of hydrogen-bond acceptors (Lipinski definition) is 2. The number of H-pyrrole nitrogens is 1. The Morgan fingerprint density at radius 1 is 1.06 bits per heavy atom. The van der Waals surface area contributed by atoms with Crippen LogP contribution < -0.4 is 4.72 Å². The maximum absolute atomic E-state index is 11.8. The maximum atomic E-state index is 11.8. The van der Waals surface area contributed by atoms with Crippen molar-refractivity contribution in [2.75, 3.05) is 0 Å². The standard InChI is InChI=1S/C12H14N2O2S/c15-17(16,10-11-4-2-1-3-5-11)14-9-12-6-7-13-8-12/h1-8,13-14H,9-10H2. The van der Waals surface area contributed by atoms with Crippen molar-refractivity contribution >= 4 is 10.0 Å². The minimum absolute atomic E-state index is 0.0122. The fourth-order valence-electron chi connectivity index (χ4n) is 1.51. The van der Waals surface area contributed by atoms with Crippen molar-refractivity contribution in [3.63, 3.8) is 0 Å². The topological polar surface area (TPSA) is 62.0 Å². The first kappa shape index (κ1) is 11.9. The molecule has 5 heteroatoms. The van der Waals surface area contributed by atoms with Crippen molar-refractivity contribution in [1.82, 2.24) is 9.71 Å². The van der Waals surface area contributed by atoms with Gasteiger partial charge in [-0.3, -0.25) is 0 Å². The highest BCUT2D eigenvalue weighted by Crippen LogP contribution is 2.05. The molecular formula is C12H14N2O2S. The molecule has 0 fully saturated rings. The molecule has 0 spiro atoms. The molecule has 2 aromatic rings. The smallest absolute Gasteiger partial charge is 0.216 e. The van der Waals surface area contributed by atoms with E-state index in [1.165, 1.54) is 0 Å². The van der Waals surface area contributed by atoms with Crippen molar-refractivity contribution in [3.05, 3.63) is 59.9 Å². The first-order valence-corrected chi connectivity index (χ1v) is 6.94. The highest BCUT2D eigenvalue weighted by molar-refractivity contribution is 7.88.